The summed E-state index contributed by atoms with van der Waals surface area (Å²) in [5.74, 6) is 0. The molecular formula is C23H26N4O2. The number of aryl methyl sites for hydroxylation is 1. The van der Waals surface area contributed by atoms with Crippen molar-refractivity contribution in [1.82, 2.24) is 9.80 Å². The number of nitro benzene ring substituents is 1. The lowest BCUT2D eigenvalue weighted by Crippen LogP contribution is -2.52. The van der Waals surface area contributed by atoms with Gasteiger partial charge in [-0.1, -0.05) is 18.2 Å². The molecule has 1 fully saturated rings. The van der Waals surface area contributed by atoms with Gasteiger partial charge in [0.25, 0.3) is 5.69 Å². The molecular weight excluding hydrogens is 364 g/mol. The molecule has 4 rings (SSSR count). The predicted molar refractivity (Wildman–Crippen MR) is 112 cm³/mol. The molecule has 0 radical (unpaired) electrons. The van der Waals surface area contributed by atoms with Crippen LogP contribution in [0, 0.1) is 21.4 Å². The molecule has 0 saturated carbocycles. The maximum atomic E-state index is 10.8. The lowest BCUT2D eigenvalue weighted by molar-refractivity contribution is -0.384. The van der Waals surface area contributed by atoms with E-state index in [0.29, 0.717) is 6.04 Å². The Bertz CT molecular complexity index is 911. The summed E-state index contributed by atoms with van der Waals surface area (Å²) in [6, 6.07) is 15.9. The second kappa shape index (κ2) is 8.73. The molecule has 1 aliphatic heterocycles. The van der Waals surface area contributed by atoms with Gasteiger partial charge in [0.1, 0.15) is 0 Å². The number of nitrogens with zero attached hydrogens (tertiary/aromatic N) is 4. The van der Waals surface area contributed by atoms with Gasteiger partial charge in [0.15, 0.2) is 0 Å². The minimum Gasteiger partial charge on any atom is -0.300 e. The molecule has 0 N–H and O–H groups in total. The molecule has 2 aromatic rings. The van der Waals surface area contributed by atoms with E-state index in [0.717, 1.165) is 63.1 Å². The van der Waals surface area contributed by atoms with Gasteiger partial charge in [0.2, 0.25) is 0 Å². The zero-order valence-electron chi connectivity index (χ0n) is 16.6. The normalized spacial score (nSPS) is 20.0. The van der Waals surface area contributed by atoms with Crippen LogP contribution in [0.1, 0.15) is 28.7 Å². The van der Waals surface area contributed by atoms with Crippen LogP contribution < -0.4 is 0 Å². The molecule has 6 nitrogen and oxygen atoms in total. The van der Waals surface area contributed by atoms with Crippen LogP contribution in [0.3, 0.4) is 0 Å². The van der Waals surface area contributed by atoms with E-state index in [4.69, 9.17) is 5.26 Å². The predicted octanol–water partition coefficient (Wildman–Crippen LogP) is 3.18. The van der Waals surface area contributed by atoms with E-state index in [2.05, 4.69) is 28.0 Å². The van der Waals surface area contributed by atoms with E-state index in [1.54, 1.807) is 12.1 Å². The minimum atomic E-state index is -0.352. The Labute approximate surface area is 171 Å². The topological polar surface area (TPSA) is 73.4 Å². The minimum absolute atomic E-state index is 0.153. The van der Waals surface area contributed by atoms with Crippen molar-refractivity contribution < 1.29 is 4.92 Å². The number of non-ortho nitro benzene ring substituents is 1. The first-order valence-electron chi connectivity index (χ1n) is 10.3. The number of piperazine rings is 1. The molecule has 6 heteroatoms. The van der Waals surface area contributed by atoms with Gasteiger partial charge in [-0.15, -0.1) is 0 Å². The van der Waals surface area contributed by atoms with Crippen LogP contribution >= 0.6 is 0 Å². The first-order chi connectivity index (χ1) is 14.1. The highest BCUT2D eigenvalue weighted by atomic mass is 16.6. The molecule has 0 bridgehead atoms. The summed E-state index contributed by atoms with van der Waals surface area (Å²) in [5, 5.41) is 19.8. The van der Waals surface area contributed by atoms with E-state index >= 15 is 0 Å². The Morgan fingerprint density at radius 1 is 1.07 bits per heavy atom. The molecule has 1 saturated heterocycles. The zero-order valence-corrected chi connectivity index (χ0v) is 16.6. The Hall–Kier alpha value is -2.75. The lowest BCUT2D eigenvalue weighted by Gasteiger charge is -2.41. The summed E-state index contributed by atoms with van der Waals surface area (Å²) in [7, 11) is 0. The fourth-order valence-electron chi connectivity index (χ4n) is 4.54. The average molecular weight is 390 g/mol. The number of benzene rings is 2. The third kappa shape index (κ3) is 4.64. The van der Waals surface area contributed by atoms with Crippen molar-refractivity contribution in [1.29, 1.82) is 5.26 Å². The van der Waals surface area contributed by atoms with Crippen LogP contribution in [0.2, 0.25) is 0 Å². The maximum Gasteiger partial charge on any atom is 0.269 e. The van der Waals surface area contributed by atoms with E-state index < -0.39 is 0 Å². The van der Waals surface area contributed by atoms with Crippen LogP contribution in [0.15, 0.2) is 42.5 Å². The summed E-state index contributed by atoms with van der Waals surface area (Å²) >= 11 is 0. The molecule has 2 aromatic carbocycles. The van der Waals surface area contributed by atoms with Gasteiger partial charge in [-0.2, -0.15) is 5.26 Å². The maximum absolute atomic E-state index is 10.8. The largest absolute Gasteiger partial charge is 0.300 e. The van der Waals surface area contributed by atoms with Crippen molar-refractivity contribution >= 4 is 5.69 Å². The number of hydrogen-bond acceptors (Lipinski definition) is 5. The molecule has 0 spiro atoms. The van der Waals surface area contributed by atoms with Crippen LogP contribution in [0.5, 0.6) is 0 Å². The molecule has 150 valence electrons. The van der Waals surface area contributed by atoms with Gasteiger partial charge < -0.3 is 4.90 Å². The summed E-state index contributed by atoms with van der Waals surface area (Å²) in [6.45, 7) is 5.33. The number of nitriles is 1. The molecule has 1 atom stereocenters. The number of hydrogen-bond donors (Lipinski definition) is 0. The van der Waals surface area contributed by atoms with Crippen LogP contribution in [0.4, 0.5) is 5.69 Å². The quantitative estimate of drug-likeness (QED) is 0.579. The third-order valence-corrected chi connectivity index (χ3v) is 6.32. The lowest BCUT2D eigenvalue weighted by atomic mass is 9.86. The second-order valence-electron chi connectivity index (χ2n) is 8.04. The highest BCUT2D eigenvalue weighted by Gasteiger charge is 2.27. The van der Waals surface area contributed by atoms with Crippen molar-refractivity contribution in [3.63, 3.8) is 0 Å². The van der Waals surface area contributed by atoms with E-state index in [1.807, 2.05) is 18.2 Å². The first kappa shape index (κ1) is 19.6. The molecule has 1 heterocycles. The van der Waals surface area contributed by atoms with E-state index in [-0.39, 0.29) is 10.6 Å². The first-order valence-corrected chi connectivity index (χ1v) is 10.3. The zero-order chi connectivity index (χ0) is 20.2. The van der Waals surface area contributed by atoms with Gasteiger partial charge in [-0.25, -0.2) is 0 Å². The van der Waals surface area contributed by atoms with Gasteiger partial charge >= 0.3 is 0 Å². The van der Waals surface area contributed by atoms with Crippen molar-refractivity contribution in [2.24, 2.45) is 0 Å². The Kier molecular flexibility index (Phi) is 5.89. The molecule has 0 aromatic heterocycles. The Balaban J connectivity index is 1.25. The fraction of sp³-hybridized carbons (Fsp3) is 0.435. The summed E-state index contributed by atoms with van der Waals surface area (Å²) < 4.78 is 0. The fourth-order valence-corrected chi connectivity index (χ4v) is 4.54. The second-order valence-corrected chi connectivity index (χ2v) is 8.04. The highest BCUT2D eigenvalue weighted by Crippen LogP contribution is 2.26. The highest BCUT2D eigenvalue weighted by molar-refractivity contribution is 5.40. The summed E-state index contributed by atoms with van der Waals surface area (Å²) in [6.07, 6.45) is 4.25. The monoisotopic (exact) mass is 390 g/mol. The summed E-state index contributed by atoms with van der Waals surface area (Å²) in [4.78, 5) is 15.5. The molecule has 29 heavy (non-hydrogen) atoms. The molecule has 0 amide bonds. The van der Waals surface area contributed by atoms with Gasteiger partial charge in [0, 0.05) is 50.9 Å². The Morgan fingerprint density at radius 2 is 1.83 bits per heavy atom. The average Bonchev–Trinajstić information content (AvgIpc) is 2.77. The third-order valence-electron chi connectivity index (χ3n) is 6.32. The van der Waals surface area contributed by atoms with Crippen molar-refractivity contribution in [2.75, 3.05) is 32.7 Å². The summed E-state index contributed by atoms with van der Waals surface area (Å²) in [5.41, 5.74) is 4.82. The molecule has 2 aliphatic rings. The van der Waals surface area contributed by atoms with Gasteiger partial charge in [-0.05, 0) is 54.5 Å². The van der Waals surface area contributed by atoms with Crippen LogP contribution in [-0.4, -0.2) is 53.5 Å². The number of rotatable bonds is 5. The van der Waals surface area contributed by atoms with Gasteiger partial charge in [-0.3, -0.25) is 15.0 Å². The van der Waals surface area contributed by atoms with Crippen molar-refractivity contribution in [3.05, 3.63) is 74.8 Å². The van der Waals surface area contributed by atoms with Gasteiger partial charge in [0.05, 0.1) is 16.6 Å². The number of fused-ring (bicyclic) bond motifs is 1. The van der Waals surface area contributed by atoms with E-state index in [1.165, 1.54) is 17.5 Å². The number of nitro groups is 1. The van der Waals surface area contributed by atoms with Crippen molar-refractivity contribution in [2.45, 2.75) is 31.7 Å². The van der Waals surface area contributed by atoms with Crippen LogP contribution in [0.25, 0.3) is 0 Å². The van der Waals surface area contributed by atoms with Crippen LogP contribution in [-0.2, 0) is 19.3 Å². The van der Waals surface area contributed by atoms with Crippen molar-refractivity contribution in [3.8, 4) is 6.07 Å². The SMILES string of the molecule is N#Cc1ccc2c(c1)CC[C@@H](N1CCN(CCc3ccc([N+](=O)[O-])cc3)CC1)C2. The molecule has 1 aliphatic carbocycles. The van der Waals surface area contributed by atoms with E-state index in [9.17, 15) is 10.1 Å². The smallest absolute Gasteiger partial charge is 0.269 e. The molecule has 0 unspecified atom stereocenters. The Morgan fingerprint density at radius 3 is 2.52 bits per heavy atom. The standard InChI is InChI=1S/C23H26N4O2/c24-17-19-1-4-21-16-23(8-5-20(21)15-19)26-13-11-25(12-14-26)10-9-18-2-6-22(7-3-18)27(28)29/h1-4,6-7,15,23H,5,8-14,16H2/t23-/m1/s1.